The van der Waals surface area contributed by atoms with E-state index in [-0.39, 0.29) is 0 Å². The molecule has 15 heavy (non-hydrogen) atoms. The zero-order chi connectivity index (χ0) is 11.7. The van der Waals surface area contributed by atoms with Crippen LogP contribution < -0.4 is 0 Å². The van der Waals surface area contributed by atoms with Crippen LogP contribution in [0.25, 0.3) is 0 Å². The van der Waals surface area contributed by atoms with Crippen molar-refractivity contribution >= 4 is 16.1 Å². The fourth-order valence-corrected chi connectivity index (χ4v) is 1.74. The molecule has 0 atom stereocenters. The second-order valence-corrected chi connectivity index (χ2v) is 6.59. The number of rotatable bonds is 3. The summed E-state index contributed by atoms with van der Waals surface area (Å²) in [6, 6.07) is 6.58. The highest BCUT2D eigenvalue weighted by molar-refractivity contribution is 7.91. The minimum absolute atomic E-state index is 0.544. The number of hydrogen-bond donors (Lipinski definition) is 0. The molecule has 1 aromatic rings. The fourth-order valence-electron chi connectivity index (χ4n) is 1.18. The molecule has 3 nitrogen and oxygen atoms in total. The third-order valence-corrected chi connectivity index (χ3v) is 4.76. The highest BCUT2D eigenvalue weighted by Gasteiger charge is 2.31. The monoisotopic (exact) mass is 226 g/mol. The van der Waals surface area contributed by atoms with Gasteiger partial charge >= 0.3 is 0 Å². The van der Waals surface area contributed by atoms with Gasteiger partial charge in [-0.15, -0.1) is 0 Å². The predicted octanol–water partition coefficient (Wildman–Crippen LogP) is 1.78. The van der Waals surface area contributed by atoms with E-state index in [1.54, 1.807) is 38.1 Å². The average Bonchev–Trinajstić information content (AvgIpc) is 2.16. The molecule has 0 aliphatic carbocycles. The van der Waals surface area contributed by atoms with Crippen LogP contribution in [0.5, 0.6) is 0 Å². The van der Waals surface area contributed by atoms with Crippen molar-refractivity contribution in [3.63, 3.8) is 0 Å². The van der Waals surface area contributed by atoms with Gasteiger partial charge in [0.25, 0.3) is 0 Å². The fraction of sp³-hybridized carbons (Fsp3) is 0.364. The third-order valence-electron chi connectivity index (χ3n) is 2.67. The molecule has 1 rings (SSSR count). The van der Waals surface area contributed by atoms with Crippen molar-refractivity contribution in [1.29, 1.82) is 0 Å². The minimum Gasteiger partial charge on any atom is -0.298 e. The van der Waals surface area contributed by atoms with Crippen molar-refractivity contribution in [2.24, 2.45) is 0 Å². The molecular weight excluding hydrogens is 212 g/mol. The molecule has 0 aliphatic heterocycles. The summed E-state index contributed by atoms with van der Waals surface area (Å²) in [4.78, 5) is 10.4. The Bertz CT molecular complexity index is 455. The van der Waals surface area contributed by atoms with Crippen LogP contribution >= 0.6 is 0 Å². The number of carbonyl (C=O) groups is 1. The Morgan fingerprint density at radius 3 is 1.93 bits per heavy atom. The molecule has 82 valence electrons. The van der Waals surface area contributed by atoms with Gasteiger partial charge in [0, 0.05) is 11.8 Å². The van der Waals surface area contributed by atoms with Crippen LogP contribution in [0.3, 0.4) is 0 Å². The van der Waals surface area contributed by atoms with Crippen molar-refractivity contribution in [2.75, 3.05) is 6.26 Å². The molecule has 0 saturated carbocycles. The quantitative estimate of drug-likeness (QED) is 0.738. The number of hydrogen-bond acceptors (Lipinski definition) is 3. The van der Waals surface area contributed by atoms with Crippen molar-refractivity contribution in [2.45, 2.75) is 18.6 Å². The Labute approximate surface area is 90.0 Å². The Morgan fingerprint density at radius 2 is 1.60 bits per heavy atom. The Kier molecular flexibility index (Phi) is 3.00. The smallest absolute Gasteiger partial charge is 0.156 e. The van der Waals surface area contributed by atoms with Crippen molar-refractivity contribution in [3.8, 4) is 0 Å². The van der Waals surface area contributed by atoms with Gasteiger partial charge in [-0.3, -0.25) is 4.79 Å². The summed E-state index contributed by atoms with van der Waals surface area (Å²) in [5.41, 5.74) is 1.23. The first-order chi connectivity index (χ1) is 6.79. The molecule has 0 bridgehead atoms. The molecule has 0 amide bonds. The Balaban J connectivity index is 3.23. The van der Waals surface area contributed by atoms with E-state index in [1.165, 1.54) is 6.26 Å². The SMILES string of the molecule is CC(C)(c1ccc(C=O)cc1)S(C)(=O)=O. The summed E-state index contributed by atoms with van der Waals surface area (Å²) < 4.78 is 22.2. The molecule has 0 spiro atoms. The standard InChI is InChI=1S/C11H14O3S/c1-11(2,15(3,13)14)10-6-4-9(8-12)5-7-10/h4-8H,1-3H3. The van der Waals surface area contributed by atoms with Gasteiger partial charge in [0.2, 0.25) is 0 Å². The maximum absolute atomic E-state index is 11.5. The van der Waals surface area contributed by atoms with Crippen molar-refractivity contribution < 1.29 is 13.2 Å². The molecule has 0 fully saturated rings. The van der Waals surface area contributed by atoms with Gasteiger partial charge in [0.15, 0.2) is 9.84 Å². The van der Waals surface area contributed by atoms with E-state index >= 15 is 0 Å². The van der Waals surface area contributed by atoms with Crippen LogP contribution in [0, 0.1) is 0 Å². The van der Waals surface area contributed by atoms with E-state index in [0.717, 1.165) is 6.29 Å². The molecular formula is C11H14O3S. The first kappa shape index (κ1) is 11.9. The number of sulfone groups is 1. The van der Waals surface area contributed by atoms with E-state index in [1.807, 2.05) is 0 Å². The van der Waals surface area contributed by atoms with Gasteiger partial charge in [-0.1, -0.05) is 24.3 Å². The molecule has 0 radical (unpaired) electrons. The lowest BCUT2D eigenvalue weighted by Crippen LogP contribution is -2.27. The Morgan fingerprint density at radius 1 is 1.13 bits per heavy atom. The Hall–Kier alpha value is -1.16. The number of aldehydes is 1. The number of benzene rings is 1. The molecule has 0 aromatic heterocycles. The van der Waals surface area contributed by atoms with Gasteiger partial charge in [-0.25, -0.2) is 8.42 Å². The second kappa shape index (κ2) is 3.77. The van der Waals surface area contributed by atoms with Gasteiger partial charge < -0.3 is 0 Å². The highest BCUT2D eigenvalue weighted by Crippen LogP contribution is 2.28. The van der Waals surface area contributed by atoms with E-state index < -0.39 is 14.6 Å². The third kappa shape index (κ3) is 2.26. The lowest BCUT2D eigenvalue weighted by Gasteiger charge is -2.22. The van der Waals surface area contributed by atoms with Crippen LogP contribution in [0.1, 0.15) is 29.8 Å². The molecule has 0 heterocycles. The summed E-state index contributed by atoms with van der Waals surface area (Å²) in [5, 5.41) is 0. The van der Waals surface area contributed by atoms with E-state index in [9.17, 15) is 13.2 Å². The summed E-state index contributed by atoms with van der Waals surface area (Å²) in [6.45, 7) is 3.30. The molecule has 0 aliphatic rings. The summed E-state index contributed by atoms with van der Waals surface area (Å²) in [6.07, 6.45) is 1.94. The highest BCUT2D eigenvalue weighted by atomic mass is 32.2. The zero-order valence-corrected chi connectivity index (χ0v) is 9.84. The average molecular weight is 226 g/mol. The van der Waals surface area contributed by atoms with Gasteiger partial charge in [0.05, 0.1) is 4.75 Å². The number of carbonyl (C=O) groups excluding carboxylic acids is 1. The molecule has 4 heteroatoms. The topological polar surface area (TPSA) is 51.2 Å². The minimum atomic E-state index is -3.16. The van der Waals surface area contributed by atoms with Crippen LogP contribution in [0.2, 0.25) is 0 Å². The largest absolute Gasteiger partial charge is 0.298 e. The summed E-state index contributed by atoms with van der Waals surface area (Å²) in [5.74, 6) is 0. The maximum atomic E-state index is 11.5. The molecule has 0 N–H and O–H groups in total. The first-order valence-corrected chi connectivity index (χ1v) is 6.43. The summed E-state index contributed by atoms with van der Waals surface area (Å²) >= 11 is 0. The lowest BCUT2D eigenvalue weighted by molar-refractivity contribution is 0.112. The van der Waals surface area contributed by atoms with Crippen LogP contribution in [0.15, 0.2) is 24.3 Å². The lowest BCUT2D eigenvalue weighted by atomic mass is 10.0. The van der Waals surface area contributed by atoms with E-state index in [4.69, 9.17) is 0 Å². The van der Waals surface area contributed by atoms with Crippen LogP contribution in [-0.4, -0.2) is 21.0 Å². The van der Waals surface area contributed by atoms with Gasteiger partial charge in [-0.05, 0) is 19.4 Å². The van der Waals surface area contributed by atoms with Gasteiger partial charge in [-0.2, -0.15) is 0 Å². The normalized spacial score (nSPS) is 12.5. The van der Waals surface area contributed by atoms with Crippen LogP contribution in [0.4, 0.5) is 0 Å². The zero-order valence-electron chi connectivity index (χ0n) is 9.02. The molecule has 0 saturated heterocycles. The maximum Gasteiger partial charge on any atom is 0.156 e. The van der Waals surface area contributed by atoms with Crippen molar-refractivity contribution in [3.05, 3.63) is 35.4 Å². The molecule has 0 unspecified atom stereocenters. The first-order valence-electron chi connectivity index (χ1n) is 4.54. The van der Waals surface area contributed by atoms with Gasteiger partial charge in [0.1, 0.15) is 6.29 Å². The predicted molar refractivity (Wildman–Crippen MR) is 59.7 cm³/mol. The molecule has 1 aromatic carbocycles. The van der Waals surface area contributed by atoms with Crippen LogP contribution in [-0.2, 0) is 14.6 Å². The summed E-state index contributed by atoms with van der Waals surface area (Å²) in [7, 11) is -3.16. The van der Waals surface area contributed by atoms with Crippen molar-refractivity contribution in [1.82, 2.24) is 0 Å². The van der Waals surface area contributed by atoms with E-state index in [0.29, 0.717) is 11.1 Å². The van der Waals surface area contributed by atoms with E-state index in [2.05, 4.69) is 0 Å². The second-order valence-electron chi connectivity index (χ2n) is 4.02.